The molecule has 5 heteroatoms. The fraction of sp³-hybridized carbons (Fsp3) is 0.522. The standard InChI is InChI=1S/C23H30N4O/c1-16-6-7-19(11-17(16)2)13-26-10-8-22-21(14-26)12-24-23(25-22)20-5-4-9-27(15-20)18(3)28/h6-7,11-12,20H,4-5,8-10,13-15H2,1-3H3/t20-/m0/s1. The van der Waals surface area contributed by atoms with Gasteiger partial charge in [0, 0.05) is 69.4 Å². The minimum atomic E-state index is 0.157. The van der Waals surface area contributed by atoms with Crippen molar-refractivity contribution in [1.82, 2.24) is 19.8 Å². The maximum atomic E-state index is 11.7. The molecule has 1 aromatic heterocycles. The highest BCUT2D eigenvalue weighted by Crippen LogP contribution is 2.27. The van der Waals surface area contributed by atoms with Gasteiger partial charge in [0.1, 0.15) is 5.82 Å². The van der Waals surface area contributed by atoms with E-state index in [9.17, 15) is 4.79 Å². The molecular weight excluding hydrogens is 348 g/mol. The third-order valence-corrected chi connectivity index (χ3v) is 6.24. The normalized spacial score (nSPS) is 20.1. The number of hydrogen-bond acceptors (Lipinski definition) is 4. The minimum absolute atomic E-state index is 0.157. The van der Waals surface area contributed by atoms with Gasteiger partial charge in [0.25, 0.3) is 0 Å². The molecule has 28 heavy (non-hydrogen) atoms. The highest BCUT2D eigenvalue weighted by atomic mass is 16.2. The van der Waals surface area contributed by atoms with Crippen LogP contribution in [0.4, 0.5) is 0 Å². The zero-order valence-corrected chi connectivity index (χ0v) is 17.2. The van der Waals surface area contributed by atoms with Crippen LogP contribution in [0.25, 0.3) is 0 Å². The molecule has 1 atom stereocenters. The highest BCUT2D eigenvalue weighted by Gasteiger charge is 2.26. The number of aromatic nitrogens is 2. The predicted molar refractivity (Wildman–Crippen MR) is 110 cm³/mol. The van der Waals surface area contributed by atoms with Crippen LogP contribution in [-0.4, -0.2) is 45.3 Å². The molecule has 1 amide bonds. The summed E-state index contributed by atoms with van der Waals surface area (Å²) in [6, 6.07) is 6.75. The molecule has 5 nitrogen and oxygen atoms in total. The van der Waals surface area contributed by atoms with E-state index >= 15 is 0 Å². The smallest absolute Gasteiger partial charge is 0.219 e. The van der Waals surface area contributed by atoms with Gasteiger partial charge in [0.05, 0.1) is 0 Å². The van der Waals surface area contributed by atoms with Gasteiger partial charge >= 0.3 is 0 Å². The Morgan fingerprint density at radius 2 is 2.07 bits per heavy atom. The first kappa shape index (κ1) is 19.1. The summed E-state index contributed by atoms with van der Waals surface area (Å²) in [5, 5.41) is 0. The lowest BCUT2D eigenvalue weighted by atomic mass is 9.96. The van der Waals surface area contributed by atoms with E-state index < -0.39 is 0 Å². The SMILES string of the molecule is CC(=O)N1CCC[C@H](c2ncc3c(n2)CCN(Cc2ccc(C)c(C)c2)C3)C1. The van der Waals surface area contributed by atoms with Crippen LogP contribution < -0.4 is 0 Å². The largest absolute Gasteiger partial charge is 0.342 e. The van der Waals surface area contributed by atoms with Crippen LogP contribution in [0.2, 0.25) is 0 Å². The van der Waals surface area contributed by atoms with Crippen molar-refractivity contribution >= 4 is 5.91 Å². The maximum absolute atomic E-state index is 11.7. The van der Waals surface area contributed by atoms with Crippen molar-refractivity contribution in [3.05, 3.63) is 58.2 Å². The topological polar surface area (TPSA) is 49.3 Å². The van der Waals surface area contributed by atoms with Gasteiger partial charge < -0.3 is 4.90 Å². The number of carbonyl (C=O) groups is 1. The molecule has 1 saturated heterocycles. The van der Waals surface area contributed by atoms with Crippen molar-refractivity contribution in [2.24, 2.45) is 0 Å². The Morgan fingerprint density at radius 1 is 1.21 bits per heavy atom. The fourth-order valence-electron chi connectivity index (χ4n) is 4.36. The Balaban J connectivity index is 1.44. The molecule has 0 unspecified atom stereocenters. The van der Waals surface area contributed by atoms with E-state index in [0.717, 1.165) is 57.8 Å². The lowest BCUT2D eigenvalue weighted by Gasteiger charge is -2.32. The second-order valence-electron chi connectivity index (χ2n) is 8.38. The fourth-order valence-corrected chi connectivity index (χ4v) is 4.36. The number of likely N-dealkylation sites (tertiary alicyclic amines) is 1. The van der Waals surface area contributed by atoms with Crippen LogP contribution >= 0.6 is 0 Å². The monoisotopic (exact) mass is 378 g/mol. The van der Waals surface area contributed by atoms with E-state index in [0.29, 0.717) is 0 Å². The van der Waals surface area contributed by atoms with E-state index in [-0.39, 0.29) is 11.8 Å². The number of fused-ring (bicyclic) bond motifs is 1. The number of benzene rings is 1. The lowest BCUT2D eigenvalue weighted by molar-refractivity contribution is -0.130. The molecule has 0 saturated carbocycles. The molecular formula is C23H30N4O. The van der Waals surface area contributed by atoms with Gasteiger partial charge in [-0.25, -0.2) is 9.97 Å². The summed E-state index contributed by atoms with van der Waals surface area (Å²) in [7, 11) is 0. The number of amides is 1. The van der Waals surface area contributed by atoms with Gasteiger partial charge in [-0.05, 0) is 43.4 Å². The number of hydrogen-bond donors (Lipinski definition) is 0. The van der Waals surface area contributed by atoms with E-state index in [4.69, 9.17) is 9.97 Å². The van der Waals surface area contributed by atoms with E-state index in [1.165, 1.54) is 27.9 Å². The molecule has 0 spiro atoms. The van der Waals surface area contributed by atoms with Crippen LogP contribution in [0.5, 0.6) is 0 Å². The van der Waals surface area contributed by atoms with Crippen molar-refractivity contribution in [1.29, 1.82) is 0 Å². The molecule has 0 radical (unpaired) electrons. The summed E-state index contributed by atoms with van der Waals surface area (Å²) < 4.78 is 0. The molecule has 4 rings (SSSR count). The first-order chi connectivity index (χ1) is 13.5. The first-order valence-electron chi connectivity index (χ1n) is 10.4. The maximum Gasteiger partial charge on any atom is 0.219 e. The Bertz CT molecular complexity index is 879. The zero-order valence-electron chi connectivity index (χ0n) is 17.2. The van der Waals surface area contributed by atoms with Crippen molar-refractivity contribution in [3.8, 4) is 0 Å². The Hall–Kier alpha value is -2.27. The lowest BCUT2D eigenvalue weighted by Crippen LogP contribution is -2.38. The average molecular weight is 379 g/mol. The van der Waals surface area contributed by atoms with Crippen LogP contribution in [-0.2, 0) is 24.3 Å². The number of piperidine rings is 1. The van der Waals surface area contributed by atoms with Crippen LogP contribution in [0.3, 0.4) is 0 Å². The van der Waals surface area contributed by atoms with Crippen molar-refractivity contribution < 1.29 is 4.79 Å². The van der Waals surface area contributed by atoms with Crippen molar-refractivity contribution in [2.45, 2.75) is 59.0 Å². The van der Waals surface area contributed by atoms with Gasteiger partial charge in [0.2, 0.25) is 5.91 Å². The van der Waals surface area contributed by atoms with E-state index in [1.807, 2.05) is 11.1 Å². The minimum Gasteiger partial charge on any atom is -0.342 e. The molecule has 148 valence electrons. The molecule has 0 aliphatic carbocycles. The summed E-state index contributed by atoms with van der Waals surface area (Å²) in [5.74, 6) is 1.36. The van der Waals surface area contributed by atoms with Crippen LogP contribution in [0, 0.1) is 13.8 Å². The van der Waals surface area contributed by atoms with Gasteiger partial charge in [-0.15, -0.1) is 0 Å². The van der Waals surface area contributed by atoms with Crippen molar-refractivity contribution in [3.63, 3.8) is 0 Å². The highest BCUT2D eigenvalue weighted by molar-refractivity contribution is 5.73. The molecule has 2 aliphatic rings. The molecule has 0 N–H and O–H groups in total. The summed E-state index contributed by atoms with van der Waals surface area (Å²) in [5.41, 5.74) is 6.52. The van der Waals surface area contributed by atoms with Gasteiger partial charge in [-0.1, -0.05) is 18.2 Å². The molecule has 2 aliphatic heterocycles. The number of aryl methyl sites for hydroxylation is 2. The van der Waals surface area contributed by atoms with Gasteiger partial charge in [0.15, 0.2) is 0 Å². The average Bonchev–Trinajstić information content (AvgIpc) is 2.70. The summed E-state index contributed by atoms with van der Waals surface area (Å²) >= 11 is 0. The third kappa shape index (κ3) is 4.09. The van der Waals surface area contributed by atoms with Crippen LogP contribution in [0.1, 0.15) is 59.5 Å². The Labute approximate surface area is 167 Å². The first-order valence-corrected chi connectivity index (χ1v) is 10.4. The quantitative estimate of drug-likeness (QED) is 0.822. The van der Waals surface area contributed by atoms with E-state index in [1.54, 1.807) is 6.92 Å². The molecule has 1 aromatic carbocycles. The predicted octanol–water partition coefficient (Wildman–Crippen LogP) is 3.38. The number of carbonyl (C=O) groups excluding carboxylic acids is 1. The number of rotatable bonds is 3. The Kier molecular flexibility index (Phi) is 5.44. The molecule has 0 bridgehead atoms. The molecule has 3 heterocycles. The second kappa shape index (κ2) is 8.00. The summed E-state index contributed by atoms with van der Waals surface area (Å²) in [4.78, 5) is 25.7. The Morgan fingerprint density at radius 3 is 2.86 bits per heavy atom. The zero-order chi connectivity index (χ0) is 19.7. The van der Waals surface area contributed by atoms with Gasteiger partial charge in [-0.2, -0.15) is 0 Å². The summed E-state index contributed by atoms with van der Waals surface area (Å²) in [6.07, 6.45) is 5.10. The number of nitrogens with zero attached hydrogens (tertiary/aromatic N) is 4. The molecule has 2 aromatic rings. The third-order valence-electron chi connectivity index (χ3n) is 6.24. The van der Waals surface area contributed by atoms with Crippen LogP contribution in [0.15, 0.2) is 24.4 Å². The van der Waals surface area contributed by atoms with Gasteiger partial charge in [-0.3, -0.25) is 9.69 Å². The second-order valence-corrected chi connectivity index (χ2v) is 8.38. The van der Waals surface area contributed by atoms with E-state index in [2.05, 4.69) is 36.9 Å². The summed E-state index contributed by atoms with van der Waals surface area (Å²) in [6.45, 7) is 10.5. The molecule has 1 fully saturated rings. The van der Waals surface area contributed by atoms with Crippen molar-refractivity contribution in [2.75, 3.05) is 19.6 Å².